The Bertz CT molecular complexity index is 1510. The van der Waals surface area contributed by atoms with Crippen LogP contribution in [0.5, 0.6) is 17.4 Å². The molecule has 0 bridgehead atoms. The van der Waals surface area contributed by atoms with Gasteiger partial charge in [0.05, 0.1) is 19.7 Å². The van der Waals surface area contributed by atoms with Gasteiger partial charge in [0, 0.05) is 17.5 Å². The Labute approximate surface area is 213 Å². The zero-order valence-corrected chi connectivity index (χ0v) is 20.6. The van der Waals surface area contributed by atoms with Crippen LogP contribution in [0.4, 0.5) is 5.69 Å². The second-order valence-corrected chi connectivity index (χ2v) is 7.93. The van der Waals surface area contributed by atoms with E-state index < -0.39 is 11.8 Å². The van der Waals surface area contributed by atoms with E-state index in [2.05, 4.69) is 15.5 Å². The molecule has 4 rings (SSSR count). The number of nitrogens with zero attached hydrogens (tertiary/aromatic N) is 3. The van der Waals surface area contributed by atoms with Crippen molar-refractivity contribution in [1.82, 2.24) is 9.88 Å². The number of aryl methyl sites for hydroxylation is 1. The van der Waals surface area contributed by atoms with Gasteiger partial charge in [0.25, 0.3) is 5.91 Å². The predicted octanol–water partition coefficient (Wildman–Crippen LogP) is 5.47. The summed E-state index contributed by atoms with van der Waals surface area (Å²) in [6.07, 6.45) is 1.47. The second-order valence-electron chi connectivity index (χ2n) is 7.93. The number of nitrogens with one attached hydrogen (secondary N) is 1. The molecule has 0 fully saturated rings. The number of para-hydroxylation sites is 1. The number of aromatic nitrogens is 1. The first kappa shape index (κ1) is 25.2. The summed E-state index contributed by atoms with van der Waals surface area (Å²) in [5.74, 6) is -0.410. The van der Waals surface area contributed by atoms with Crippen molar-refractivity contribution in [2.75, 3.05) is 14.2 Å². The summed E-state index contributed by atoms with van der Waals surface area (Å²) in [7, 11) is 3.02. The zero-order chi connectivity index (χ0) is 26.4. The van der Waals surface area contributed by atoms with Gasteiger partial charge in [-0.05, 0) is 48.9 Å². The number of carbonyl (C=O) groups is 2. The number of hydrogen-bond acceptors (Lipinski definition) is 6. The molecule has 0 saturated heterocycles. The highest BCUT2D eigenvalue weighted by Gasteiger charge is 2.18. The molecule has 2 N–H and O–H groups in total. The first-order chi connectivity index (χ1) is 18.0. The van der Waals surface area contributed by atoms with E-state index >= 15 is 0 Å². The first-order valence-corrected chi connectivity index (χ1v) is 11.5. The SMILES string of the molecule is CCn1c(O)c(N=NC(=O)C(=Cc2ccc(OC)c(OC)c2)NC(=O)c2ccccc2)c2ccccc21. The smallest absolute Gasteiger partial charge is 0.311 e. The highest BCUT2D eigenvalue weighted by atomic mass is 16.5. The van der Waals surface area contributed by atoms with Crippen LogP contribution in [0.2, 0.25) is 0 Å². The minimum atomic E-state index is -0.799. The number of ether oxygens (including phenoxy) is 2. The average Bonchev–Trinajstić information content (AvgIpc) is 3.21. The lowest BCUT2D eigenvalue weighted by molar-refractivity contribution is -0.115. The van der Waals surface area contributed by atoms with Crippen LogP contribution in [0, 0.1) is 0 Å². The number of amides is 2. The Morgan fingerprint density at radius 1 is 0.973 bits per heavy atom. The largest absolute Gasteiger partial charge is 0.493 e. The number of benzene rings is 3. The maximum absolute atomic E-state index is 13.2. The first-order valence-electron chi connectivity index (χ1n) is 11.5. The van der Waals surface area contributed by atoms with Crippen LogP contribution >= 0.6 is 0 Å². The van der Waals surface area contributed by atoms with Crippen molar-refractivity contribution >= 4 is 34.5 Å². The van der Waals surface area contributed by atoms with E-state index in [1.54, 1.807) is 59.2 Å². The van der Waals surface area contributed by atoms with E-state index in [0.29, 0.717) is 34.6 Å². The molecule has 9 heteroatoms. The molecule has 0 spiro atoms. The Balaban J connectivity index is 1.72. The number of hydrogen-bond donors (Lipinski definition) is 2. The summed E-state index contributed by atoms with van der Waals surface area (Å²) in [5, 5.41) is 21.9. The van der Waals surface area contributed by atoms with Gasteiger partial charge in [-0.2, -0.15) is 0 Å². The maximum Gasteiger partial charge on any atom is 0.311 e. The van der Waals surface area contributed by atoms with Crippen LogP contribution in [0.25, 0.3) is 17.0 Å². The zero-order valence-electron chi connectivity index (χ0n) is 20.6. The summed E-state index contributed by atoms with van der Waals surface area (Å²) in [5.41, 5.74) is 1.76. The lowest BCUT2D eigenvalue weighted by Gasteiger charge is -2.10. The average molecular weight is 499 g/mol. The third kappa shape index (κ3) is 5.35. The quantitative estimate of drug-likeness (QED) is 0.247. The molecule has 0 unspecified atom stereocenters. The van der Waals surface area contributed by atoms with Crippen LogP contribution < -0.4 is 14.8 Å². The lowest BCUT2D eigenvalue weighted by atomic mass is 10.1. The lowest BCUT2D eigenvalue weighted by Crippen LogP contribution is -2.26. The molecule has 37 heavy (non-hydrogen) atoms. The molecule has 0 atom stereocenters. The normalized spacial score (nSPS) is 11.6. The van der Waals surface area contributed by atoms with Gasteiger partial charge in [-0.25, -0.2) is 0 Å². The number of rotatable bonds is 8. The summed E-state index contributed by atoms with van der Waals surface area (Å²) in [6.45, 7) is 2.40. The van der Waals surface area contributed by atoms with Crippen LogP contribution in [0.3, 0.4) is 0 Å². The standard InChI is InChI=1S/C28H26N4O5/c1-4-32-22-13-9-8-12-20(22)25(28(32)35)30-31-27(34)21(29-26(33)19-10-6-5-7-11-19)16-18-14-15-23(36-2)24(17-18)37-3/h5-17,35H,4H2,1-3H3,(H,29,33). The molecule has 2 amide bonds. The van der Waals surface area contributed by atoms with Gasteiger partial charge in [-0.15, -0.1) is 10.2 Å². The van der Waals surface area contributed by atoms with E-state index in [1.165, 1.54) is 20.3 Å². The molecule has 1 aromatic heterocycles. The van der Waals surface area contributed by atoms with Crippen LogP contribution in [-0.2, 0) is 11.3 Å². The summed E-state index contributed by atoms with van der Waals surface area (Å²) in [4.78, 5) is 26.1. The van der Waals surface area contributed by atoms with Gasteiger partial charge in [0.1, 0.15) is 5.70 Å². The molecule has 9 nitrogen and oxygen atoms in total. The molecule has 0 aliphatic heterocycles. The molecular formula is C28H26N4O5. The molecule has 0 aliphatic rings. The van der Waals surface area contributed by atoms with Gasteiger partial charge in [0.15, 0.2) is 17.2 Å². The number of methoxy groups -OCH3 is 2. The van der Waals surface area contributed by atoms with Gasteiger partial charge in [-0.1, -0.05) is 42.5 Å². The number of azo groups is 1. The third-order valence-corrected chi connectivity index (χ3v) is 5.71. The number of aromatic hydroxyl groups is 1. The van der Waals surface area contributed by atoms with Crippen LogP contribution in [0.1, 0.15) is 22.8 Å². The third-order valence-electron chi connectivity index (χ3n) is 5.71. The van der Waals surface area contributed by atoms with Crippen molar-refractivity contribution in [1.29, 1.82) is 0 Å². The van der Waals surface area contributed by atoms with Crippen LogP contribution in [-0.4, -0.2) is 35.7 Å². The highest BCUT2D eigenvalue weighted by molar-refractivity contribution is 6.05. The van der Waals surface area contributed by atoms with E-state index in [1.807, 2.05) is 25.1 Å². The minimum absolute atomic E-state index is 0.0982. The molecule has 0 radical (unpaired) electrons. The summed E-state index contributed by atoms with van der Waals surface area (Å²) >= 11 is 0. The van der Waals surface area contributed by atoms with Crippen molar-refractivity contribution in [2.24, 2.45) is 10.2 Å². The van der Waals surface area contributed by atoms with E-state index in [0.717, 1.165) is 5.52 Å². The van der Waals surface area contributed by atoms with Crippen LogP contribution in [0.15, 0.2) is 88.7 Å². The van der Waals surface area contributed by atoms with Crippen molar-refractivity contribution < 1.29 is 24.2 Å². The van der Waals surface area contributed by atoms with Gasteiger partial charge >= 0.3 is 5.91 Å². The molecule has 0 saturated carbocycles. The fraction of sp³-hybridized carbons (Fsp3) is 0.143. The van der Waals surface area contributed by atoms with Gasteiger partial charge in [0.2, 0.25) is 5.88 Å². The maximum atomic E-state index is 13.2. The highest BCUT2D eigenvalue weighted by Crippen LogP contribution is 2.38. The molecule has 0 aliphatic carbocycles. The van der Waals surface area contributed by atoms with E-state index in [4.69, 9.17) is 9.47 Å². The Morgan fingerprint density at radius 3 is 2.38 bits per heavy atom. The van der Waals surface area contributed by atoms with Crippen molar-refractivity contribution in [3.63, 3.8) is 0 Å². The van der Waals surface area contributed by atoms with Crippen molar-refractivity contribution in [2.45, 2.75) is 13.5 Å². The monoisotopic (exact) mass is 498 g/mol. The topological polar surface area (TPSA) is 115 Å². The Morgan fingerprint density at radius 2 is 1.68 bits per heavy atom. The summed E-state index contributed by atoms with van der Waals surface area (Å²) < 4.78 is 12.3. The fourth-order valence-electron chi connectivity index (χ4n) is 3.88. The minimum Gasteiger partial charge on any atom is -0.493 e. The molecule has 188 valence electrons. The van der Waals surface area contributed by atoms with Crippen molar-refractivity contribution in [3.8, 4) is 17.4 Å². The molecule has 3 aromatic carbocycles. The fourth-order valence-corrected chi connectivity index (χ4v) is 3.88. The van der Waals surface area contributed by atoms with E-state index in [9.17, 15) is 14.7 Å². The molecule has 4 aromatic rings. The Hall–Kier alpha value is -4.92. The molecular weight excluding hydrogens is 472 g/mol. The molecule has 1 heterocycles. The number of carbonyl (C=O) groups excluding carboxylic acids is 2. The van der Waals surface area contributed by atoms with Gasteiger partial charge < -0.3 is 24.5 Å². The Kier molecular flexibility index (Phi) is 7.63. The van der Waals surface area contributed by atoms with Gasteiger partial charge in [-0.3, -0.25) is 9.59 Å². The summed E-state index contributed by atoms with van der Waals surface area (Å²) in [6, 6.07) is 20.9. The number of fused-ring (bicyclic) bond motifs is 1. The van der Waals surface area contributed by atoms with E-state index in [-0.39, 0.29) is 17.3 Å². The second kappa shape index (κ2) is 11.2. The van der Waals surface area contributed by atoms with Crippen molar-refractivity contribution in [3.05, 3.63) is 89.6 Å². The predicted molar refractivity (Wildman–Crippen MR) is 140 cm³/mol.